The average Bonchev–Trinajstić information content (AvgIpc) is 3.42. The van der Waals surface area contributed by atoms with E-state index in [1.807, 2.05) is 58.6 Å². The topological polar surface area (TPSA) is 85.7 Å². The van der Waals surface area contributed by atoms with Crippen LogP contribution in [0.5, 0.6) is 5.75 Å². The highest BCUT2D eigenvalue weighted by Gasteiger charge is 2.16. The molecule has 0 unspecified atom stereocenters. The smallest absolute Gasteiger partial charge is 0.269 e. The van der Waals surface area contributed by atoms with E-state index in [1.54, 1.807) is 19.5 Å². The normalized spacial score (nSPS) is 11.1. The van der Waals surface area contributed by atoms with Gasteiger partial charge >= 0.3 is 0 Å². The van der Waals surface area contributed by atoms with Crippen LogP contribution >= 0.6 is 11.3 Å². The quantitative estimate of drug-likeness (QED) is 0.469. The Bertz CT molecular complexity index is 1390. The standard InChI is InChI=1S/C22H17N5O2S/c1-29-15-6-4-5-14(11-15)12-27-10-9-24-21(27)20-25-18-16(17-7-2-3-8-23-17)13-30-19(18)22(28)26-20/h2-11,13H,12H2,1H3,(H,25,26,28). The number of rotatable bonds is 5. The van der Waals surface area contributed by atoms with Crippen LogP contribution in [-0.2, 0) is 6.54 Å². The number of fused-ring (bicyclic) bond motifs is 1. The Morgan fingerprint density at radius 1 is 1.13 bits per heavy atom. The summed E-state index contributed by atoms with van der Waals surface area (Å²) in [6.07, 6.45) is 5.30. The van der Waals surface area contributed by atoms with E-state index in [9.17, 15) is 4.79 Å². The van der Waals surface area contributed by atoms with E-state index < -0.39 is 0 Å². The van der Waals surface area contributed by atoms with Crippen LogP contribution in [0.15, 0.2) is 71.2 Å². The summed E-state index contributed by atoms with van der Waals surface area (Å²) in [7, 11) is 1.64. The van der Waals surface area contributed by atoms with Crippen molar-refractivity contribution in [3.05, 3.63) is 82.4 Å². The molecule has 0 atom stereocenters. The van der Waals surface area contributed by atoms with E-state index in [-0.39, 0.29) is 5.56 Å². The lowest BCUT2D eigenvalue weighted by molar-refractivity contribution is 0.414. The molecule has 0 amide bonds. The molecule has 1 aromatic carbocycles. The molecule has 1 N–H and O–H groups in total. The molecule has 0 fully saturated rings. The Labute approximate surface area is 175 Å². The summed E-state index contributed by atoms with van der Waals surface area (Å²) in [4.78, 5) is 29.2. The number of thiophene rings is 1. The third kappa shape index (κ3) is 3.27. The minimum absolute atomic E-state index is 0.182. The van der Waals surface area contributed by atoms with Crippen molar-refractivity contribution >= 4 is 21.6 Å². The van der Waals surface area contributed by atoms with Gasteiger partial charge in [0.25, 0.3) is 5.56 Å². The molecule has 0 saturated carbocycles. The average molecular weight is 415 g/mol. The van der Waals surface area contributed by atoms with E-state index in [2.05, 4.69) is 15.0 Å². The Morgan fingerprint density at radius 3 is 2.90 bits per heavy atom. The number of H-pyrrole nitrogens is 1. The SMILES string of the molecule is COc1cccc(Cn2ccnc2-c2nc3c(-c4ccccn4)csc3c(=O)[nH]2)c1. The third-order valence-electron chi connectivity index (χ3n) is 4.78. The first kappa shape index (κ1) is 18.3. The summed E-state index contributed by atoms with van der Waals surface area (Å²) in [6, 6.07) is 13.5. The van der Waals surface area contributed by atoms with E-state index >= 15 is 0 Å². The summed E-state index contributed by atoms with van der Waals surface area (Å²) >= 11 is 1.36. The molecule has 0 aliphatic rings. The summed E-state index contributed by atoms with van der Waals surface area (Å²) in [5.41, 5.74) is 3.13. The molecule has 30 heavy (non-hydrogen) atoms. The molecule has 0 saturated heterocycles. The second-order valence-corrected chi connectivity index (χ2v) is 7.57. The first-order valence-electron chi connectivity index (χ1n) is 9.30. The van der Waals surface area contributed by atoms with Crippen LogP contribution in [0.25, 0.3) is 33.1 Å². The zero-order chi connectivity index (χ0) is 20.5. The highest BCUT2D eigenvalue weighted by molar-refractivity contribution is 7.17. The third-order valence-corrected chi connectivity index (χ3v) is 5.75. The van der Waals surface area contributed by atoms with Crippen LogP contribution < -0.4 is 10.3 Å². The van der Waals surface area contributed by atoms with Gasteiger partial charge in [0.05, 0.1) is 18.3 Å². The van der Waals surface area contributed by atoms with Crippen molar-refractivity contribution in [2.75, 3.05) is 7.11 Å². The zero-order valence-corrected chi connectivity index (χ0v) is 16.9. The molecule has 8 heteroatoms. The Hall–Kier alpha value is -3.78. The number of methoxy groups -OCH3 is 1. The van der Waals surface area contributed by atoms with Crippen molar-refractivity contribution in [3.63, 3.8) is 0 Å². The highest BCUT2D eigenvalue weighted by Crippen LogP contribution is 2.30. The molecule has 0 radical (unpaired) electrons. The van der Waals surface area contributed by atoms with Gasteiger partial charge in [0.1, 0.15) is 10.4 Å². The summed E-state index contributed by atoms with van der Waals surface area (Å²) in [6.45, 7) is 0.574. The van der Waals surface area contributed by atoms with Gasteiger partial charge in [-0.05, 0) is 29.8 Å². The van der Waals surface area contributed by atoms with Gasteiger partial charge in [0, 0.05) is 36.1 Å². The van der Waals surface area contributed by atoms with E-state index in [4.69, 9.17) is 9.72 Å². The second-order valence-electron chi connectivity index (χ2n) is 6.69. The first-order chi connectivity index (χ1) is 14.7. The van der Waals surface area contributed by atoms with Crippen LogP contribution in [0, 0.1) is 0 Å². The van der Waals surface area contributed by atoms with Gasteiger partial charge in [-0.1, -0.05) is 18.2 Å². The van der Waals surface area contributed by atoms with Crippen LogP contribution in [0.3, 0.4) is 0 Å². The summed E-state index contributed by atoms with van der Waals surface area (Å²) < 4.78 is 7.83. The minimum Gasteiger partial charge on any atom is -0.497 e. The lowest BCUT2D eigenvalue weighted by Crippen LogP contribution is -2.11. The summed E-state index contributed by atoms with van der Waals surface area (Å²) in [5.74, 6) is 1.81. The molecule has 0 spiro atoms. The lowest BCUT2D eigenvalue weighted by atomic mass is 10.2. The van der Waals surface area contributed by atoms with E-state index in [0.29, 0.717) is 28.4 Å². The van der Waals surface area contributed by atoms with Crippen LogP contribution in [0.1, 0.15) is 5.56 Å². The van der Waals surface area contributed by atoms with Crippen LogP contribution in [0.4, 0.5) is 0 Å². The minimum atomic E-state index is -0.182. The summed E-state index contributed by atoms with van der Waals surface area (Å²) in [5, 5.41) is 1.92. The van der Waals surface area contributed by atoms with Gasteiger partial charge in [0.15, 0.2) is 11.6 Å². The monoisotopic (exact) mass is 415 g/mol. The highest BCUT2D eigenvalue weighted by atomic mass is 32.1. The molecule has 0 aliphatic carbocycles. The molecule has 0 aliphatic heterocycles. The second kappa shape index (κ2) is 7.57. The molecule has 0 bridgehead atoms. The number of hydrogen-bond acceptors (Lipinski definition) is 6. The van der Waals surface area contributed by atoms with Crippen molar-refractivity contribution in [1.29, 1.82) is 0 Å². The number of nitrogens with one attached hydrogen (secondary N) is 1. The van der Waals surface area contributed by atoms with Gasteiger partial charge in [-0.25, -0.2) is 9.97 Å². The molecule has 4 aromatic heterocycles. The number of pyridine rings is 1. The molecule has 7 nitrogen and oxygen atoms in total. The fourth-order valence-electron chi connectivity index (χ4n) is 3.36. The van der Waals surface area contributed by atoms with Crippen LogP contribution in [0.2, 0.25) is 0 Å². The number of ether oxygens (including phenoxy) is 1. The van der Waals surface area contributed by atoms with Crippen molar-refractivity contribution < 1.29 is 4.74 Å². The molecule has 5 rings (SSSR count). The molecule has 148 valence electrons. The number of nitrogens with zero attached hydrogens (tertiary/aromatic N) is 4. The number of imidazole rings is 1. The van der Waals surface area contributed by atoms with Gasteiger partial charge in [-0.15, -0.1) is 11.3 Å². The zero-order valence-electron chi connectivity index (χ0n) is 16.1. The Morgan fingerprint density at radius 2 is 2.07 bits per heavy atom. The number of hydrogen-bond donors (Lipinski definition) is 1. The fraction of sp³-hybridized carbons (Fsp3) is 0.0909. The Balaban J connectivity index is 1.59. The van der Waals surface area contributed by atoms with Crippen LogP contribution in [-0.4, -0.2) is 31.6 Å². The largest absolute Gasteiger partial charge is 0.497 e. The number of benzene rings is 1. The first-order valence-corrected chi connectivity index (χ1v) is 10.2. The Kier molecular flexibility index (Phi) is 4.61. The van der Waals surface area contributed by atoms with Crippen molar-refractivity contribution in [2.45, 2.75) is 6.54 Å². The van der Waals surface area contributed by atoms with E-state index in [1.165, 1.54) is 11.3 Å². The molecule has 5 aromatic rings. The van der Waals surface area contributed by atoms with Crippen molar-refractivity contribution in [3.8, 4) is 28.7 Å². The van der Waals surface area contributed by atoms with Gasteiger partial charge in [-0.3, -0.25) is 9.78 Å². The molecule has 4 heterocycles. The van der Waals surface area contributed by atoms with E-state index in [0.717, 1.165) is 22.6 Å². The predicted molar refractivity (Wildman–Crippen MR) is 117 cm³/mol. The number of aromatic amines is 1. The molecular formula is C22H17N5O2S. The van der Waals surface area contributed by atoms with Crippen molar-refractivity contribution in [1.82, 2.24) is 24.5 Å². The predicted octanol–water partition coefficient (Wildman–Crippen LogP) is 3.97. The fourth-order valence-corrected chi connectivity index (χ4v) is 4.25. The maximum Gasteiger partial charge on any atom is 0.269 e. The maximum atomic E-state index is 12.7. The van der Waals surface area contributed by atoms with Gasteiger partial charge in [0.2, 0.25) is 0 Å². The van der Waals surface area contributed by atoms with Crippen molar-refractivity contribution in [2.24, 2.45) is 0 Å². The maximum absolute atomic E-state index is 12.7. The number of aromatic nitrogens is 5. The van der Waals surface area contributed by atoms with Gasteiger partial charge < -0.3 is 14.3 Å². The lowest BCUT2D eigenvalue weighted by Gasteiger charge is -2.09. The molecular weight excluding hydrogens is 398 g/mol. The van der Waals surface area contributed by atoms with Gasteiger partial charge in [-0.2, -0.15) is 0 Å².